The molecule has 2 aromatic heterocycles. The number of alkyl halides is 1. The summed E-state index contributed by atoms with van der Waals surface area (Å²) < 4.78 is 1.70. The maximum Gasteiger partial charge on any atom is 0.258 e. The average Bonchev–Trinajstić information content (AvgIpc) is 2.76. The molecule has 0 aromatic carbocycles. The number of hydrogen-bond acceptors (Lipinski definition) is 3. The molecule has 0 saturated carbocycles. The second kappa shape index (κ2) is 5.91. The van der Waals surface area contributed by atoms with Crippen LogP contribution in [0.2, 0.25) is 0 Å². The molecule has 2 aromatic rings. The fourth-order valence-electron chi connectivity index (χ4n) is 2.76. The number of nitrogens with zero attached hydrogens (tertiary/aromatic N) is 4. The molecule has 1 fully saturated rings. The Morgan fingerprint density at radius 3 is 3.10 bits per heavy atom. The smallest absolute Gasteiger partial charge is 0.258 e. The number of halogens is 1. The zero-order valence-corrected chi connectivity index (χ0v) is 12.8. The summed E-state index contributed by atoms with van der Waals surface area (Å²) in [6, 6.07) is 0.275. The fraction of sp³-hybridized carbons (Fsp3) is 0.500. The summed E-state index contributed by atoms with van der Waals surface area (Å²) in [5.74, 6) is 0.0688. The Morgan fingerprint density at radius 1 is 1.35 bits per heavy atom. The molecule has 1 atom stereocenters. The van der Waals surface area contributed by atoms with Crippen LogP contribution in [0.3, 0.4) is 0 Å². The molecule has 1 amide bonds. The van der Waals surface area contributed by atoms with Crippen molar-refractivity contribution in [3.05, 3.63) is 30.4 Å². The van der Waals surface area contributed by atoms with Gasteiger partial charge in [0.2, 0.25) is 0 Å². The van der Waals surface area contributed by atoms with E-state index in [1.54, 1.807) is 29.3 Å². The molecule has 106 valence electrons. The summed E-state index contributed by atoms with van der Waals surface area (Å²) in [6.45, 7) is 0.826. The number of rotatable bonds is 2. The molecule has 1 unspecified atom stereocenters. The molecule has 0 spiro atoms. The summed E-state index contributed by atoms with van der Waals surface area (Å²) in [5, 5.41) is 5.06. The molecular weight excluding hydrogens is 320 g/mol. The Balaban J connectivity index is 1.94. The van der Waals surface area contributed by atoms with Gasteiger partial charge in [-0.25, -0.2) is 4.52 Å². The molecule has 0 radical (unpaired) electrons. The summed E-state index contributed by atoms with van der Waals surface area (Å²) in [4.78, 5) is 18.9. The zero-order valence-electron chi connectivity index (χ0n) is 11.2. The lowest BCUT2D eigenvalue weighted by molar-refractivity contribution is 0.0704. The predicted molar refractivity (Wildman–Crippen MR) is 80.1 cm³/mol. The first-order chi connectivity index (χ1) is 9.81. The summed E-state index contributed by atoms with van der Waals surface area (Å²) >= 11 is 3.54. The van der Waals surface area contributed by atoms with E-state index in [2.05, 4.69) is 26.0 Å². The lowest BCUT2D eigenvalue weighted by Crippen LogP contribution is -2.41. The standard InChI is InChI=1S/C14H17BrN4O/c15-8-11-4-2-1-3-6-18(11)14(20)12-9-17-19-7-5-16-10-13(12)19/h5,7,9-11H,1-4,6,8H2. The quantitative estimate of drug-likeness (QED) is 0.792. The van der Waals surface area contributed by atoms with Gasteiger partial charge in [-0.05, 0) is 12.8 Å². The number of fused-ring (bicyclic) bond motifs is 1. The van der Waals surface area contributed by atoms with E-state index in [9.17, 15) is 4.79 Å². The number of aromatic nitrogens is 3. The van der Waals surface area contributed by atoms with Gasteiger partial charge in [0.25, 0.3) is 5.91 Å². The van der Waals surface area contributed by atoms with E-state index in [1.165, 1.54) is 12.8 Å². The predicted octanol–water partition coefficient (Wildman–Crippen LogP) is 2.51. The molecule has 6 heteroatoms. The Bertz CT molecular complexity index is 612. The third kappa shape index (κ3) is 2.44. The van der Waals surface area contributed by atoms with E-state index >= 15 is 0 Å². The highest BCUT2D eigenvalue weighted by atomic mass is 79.9. The first kappa shape index (κ1) is 13.5. The second-order valence-electron chi connectivity index (χ2n) is 5.12. The molecule has 1 aliphatic rings. The van der Waals surface area contributed by atoms with Crippen molar-refractivity contribution in [2.75, 3.05) is 11.9 Å². The lowest BCUT2D eigenvalue weighted by atomic mass is 10.1. The first-order valence-corrected chi connectivity index (χ1v) is 8.07. The van der Waals surface area contributed by atoms with E-state index in [4.69, 9.17) is 0 Å². The summed E-state index contributed by atoms with van der Waals surface area (Å²) in [7, 11) is 0. The zero-order chi connectivity index (χ0) is 13.9. The topological polar surface area (TPSA) is 50.5 Å². The highest BCUT2D eigenvalue weighted by Gasteiger charge is 2.27. The SMILES string of the molecule is O=C(c1cnn2ccncc12)N1CCCCCC1CBr. The number of likely N-dealkylation sites (tertiary alicyclic amines) is 1. The van der Waals surface area contributed by atoms with Gasteiger partial charge in [-0.3, -0.25) is 9.78 Å². The van der Waals surface area contributed by atoms with E-state index in [-0.39, 0.29) is 11.9 Å². The average molecular weight is 337 g/mol. The van der Waals surface area contributed by atoms with Gasteiger partial charge < -0.3 is 4.90 Å². The van der Waals surface area contributed by atoms with Gasteiger partial charge in [-0.1, -0.05) is 28.8 Å². The number of carbonyl (C=O) groups is 1. The van der Waals surface area contributed by atoms with Gasteiger partial charge in [0, 0.05) is 30.3 Å². The molecule has 0 bridgehead atoms. The molecule has 0 aliphatic carbocycles. The van der Waals surface area contributed by atoms with Crippen LogP contribution in [0.5, 0.6) is 0 Å². The minimum atomic E-state index is 0.0688. The molecule has 1 aliphatic heterocycles. The van der Waals surface area contributed by atoms with E-state index in [0.29, 0.717) is 5.56 Å². The molecule has 3 rings (SSSR count). The Morgan fingerprint density at radius 2 is 2.25 bits per heavy atom. The highest BCUT2D eigenvalue weighted by Crippen LogP contribution is 2.22. The highest BCUT2D eigenvalue weighted by molar-refractivity contribution is 9.09. The third-order valence-electron chi connectivity index (χ3n) is 3.87. The van der Waals surface area contributed by atoms with Gasteiger partial charge in [0.05, 0.1) is 23.5 Å². The van der Waals surface area contributed by atoms with E-state index in [0.717, 1.165) is 30.2 Å². The van der Waals surface area contributed by atoms with Crippen molar-refractivity contribution in [1.29, 1.82) is 0 Å². The van der Waals surface area contributed by atoms with Crippen LogP contribution in [0.15, 0.2) is 24.8 Å². The molecule has 0 N–H and O–H groups in total. The maximum atomic E-state index is 12.8. The van der Waals surface area contributed by atoms with Crippen molar-refractivity contribution in [2.45, 2.75) is 31.7 Å². The van der Waals surface area contributed by atoms with Crippen molar-refractivity contribution in [3.63, 3.8) is 0 Å². The Kier molecular flexibility index (Phi) is 4.00. The van der Waals surface area contributed by atoms with Crippen LogP contribution in [0, 0.1) is 0 Å². The molecule has 1 saturated heterocycles. The van der Waals surface area contributed by atoms with Crippen molar-refractivity contribution in [2.24, 2.45) is 0 Å². The van der Waals surface area contributed by atoms with Gasteiger partial charge in [-0.15, -0.1) is 0 Å². The van der Waals surface area contributed by atoms with Crippen LogP contribution in [0.4, 0.5) is 0 Å². The van der Waals surface area contributed by atoms with Gasteiger partial charge >= 0.3 is 0 Å². The van der Waals surface area contributed by atoms with Gasteiger partial charge in [0.15, 0.2) is 0 Å². The first-order valence-electron chi connectivity index (χ1n) is 6.95. The molecular formula is C14H17BrN4O. The van der Waals surface area contributed by atoms with Gasteiger partial charge in [-0.2, -0.15) is 5.10 Å². The second-order valence-corrected chi connectivity index (χ2v) is 5.77. The van der Waals surface area contributed by atoms with Crippen molar-refractivity contribution in [1.82, 2.24) is 19.5 Å². The molecule has 20 heavy (non-hydrogen) atoms. The van der Waals surface area contributed by atoms with Crippen LogP contribution in [0.1, 0.15) is 36.0 Å². The van der Waals surface area contributed by atoms with E-state index < -0.39 is 0 Å². The van der Waals surface area contributed by atoms with Crippen molar-refractivity contribution < 1.29 is 4.79 Å². The fourth-order valence-corrected chi connectivity index (χ4v) is 3.43. The van der Waals surface area contributed by atoms with Crippen LogP contribution in [0.25, 0.3) is 5.52 Å². The van der Waals surface area contributed by atoms with Crippen LogP contribution >= 0.6 is 15.9 Å². The van der Waals surface area contributed by atoms with Crippen LogP contribution < -0.4 is 0 Å². The summed E-state index contributed by atoms with van der Waals surface area (Å²) in [6.07, 6.45) is 11.3. The maximum absolute atomic E-state index is 12.8. The van der Waals surface area contributed by atoms with Crippen LogP contribution in [-0.2, 0) is 0 Å². The molecule has 5 nitrogen and oxygen atoms in total. The van der Waals surface area contributed by atoms with Gasteiger partial charge in [0.1, 0.15) is 0 Å². The number of carbonyl (C=O) groups excluding carboxylic acids is 1. The Labute approximate surface area is 126 Å². The van der Waals surface area contributed by atoms with Crippen LogP contribution in [-0.4, -0.2) is 43.3 Å². The van der Waals surface area contributed by atoms with E-state index in [1.807, 2.05) is 4.90 Å². The number of hydrogen-bond donors (Lipinski definition) is 0. The number of amides is 1. The minimum absolute atomic E-state index is 0.0688. The lowest BCUT2D eigenvalue weighted by Gasteiger charge is -2.28. The third-order valence-corrected chi connectivity index (χ3v) is 4.62. The van der Waals surface area contributed by atoms with Crippen molar-refractivity contribution in [3.8, 4) is 0 Å². The van der Waals surface area contributed by atoms with Crippen molar-refractivity contribution >= 4 is 27.4 Å². The molecule has 3 heterocycles. The monoisotopic (exact) mass is 336 g/mol. The normalized spacial score (nSPS) is 20.1. The summed E-state index contributed by atoms with van der Waals surface area (Å²) in [5.41, 5.74) is 1.42. The minimum Gasteiger partial charge on any atom is -0.335 e. The largest absolute Gasteiger partial charge is 0.335 e. The Hall–Kier alpha value is -1.43.